The lowest BCUT2D eigenvalue weighted by Gasteiger charge is -2.19. The fraction of sp³-hybridized carbons (Fsp3) is 0.217. The normalized spacial score (nSPS) is 21.0. The Morgan fingerprint density at radius 1 is 0.583 bits per heavy atom. The molecule has 1 saturated heterocycles. The van der Waals surface area contributed by atoms with Crippen LogP contribution < -0.4 is 0 Å². The molecule has 1 heteroatoms. The fourth-order valence-corrected chi connectivity index (χ4v) is 3.93. The first kappa shape index (κ1) is 15.2. The molecule has 0 N–H and O–H groups in total. The van der Waals surface area contributed by atoms with Gasteiger partial charge >= 0.3 is 0 Å². The first-order valence-corrected chi connectivity index (χ1v) is 8.76. The van der Waals surface area contributed by atoms with Gasteiger partial charge in [0.25, 0.3) is 0 Å². The van der Waals surface area contributed by atoms with Crippen molar-refractivity contribution in [3.05, 3.63) is 108 Å². The highest BCUT2D eigenvalue weighted by Crippen LogP contribution is 2.40. The average molecular weight is 313 g/mol. The summed E-state index contributed by atoms with van der Waals surface area (Å²) in [5, 5.41) is 0. The maximum absolute atomic E-state index is 2.60. The molecule has 0 spiro atoms. The van der Waals surface area contributed by atoms with Crippen molar-refractivity contribution in [3.8, 4) is 0 Å². The Balaban J connectivity index is 1.60. The Morgan fingerprint density at radius 2 is 1.00 bits per heavy atom. The molecule has 24 heavy (non-hydrogen) atoms. The smallest absolute Gasteiger partial charge is 0.0234 e. The highest BCUT2D eigenvalue weighted by molar-refractivity contribution is 5.31. The summed E-state index contributed by atoms with van der Waals surface area (Å²) in [4.78, 5) is 2.60. The van der Waals surface area contributed by atoms with Crippen LogP contribution in [0.25, 0.3) is 0 Å². The van der Waals surface area contributed by atoms with E-state index in [-0.39, 0.29) is 0 Å². The van der Waals surface area contributed by atoms with Crippen molar-refractivity contribution in [1.29, 1.82) is 0 Å². The minimum absolute atomic E-state index is 0.567. The van der Waals surface area contributed by atoms with Crippen molar-refractivity contribution in [2.45, 2.75) is 18.4 Å². The molecule has 1 aliphatic heterocycles. The molecular formula is C23H23N. The predicted octanol–water partition coefficient (Wildman–Crippen LogP) is 5.07. The molecule has 1 fully saturated rings. The van der Waals surface area contributed by atoms with E-state index in [9.17, 15) is 0 Å². The Hall–Kier alpha value is -2.38. The van der Waals surface area contributed by atoms with E-state index in [1.54, 1.807) is 0 Å². The Kier molecular flexibility index (Phi) is 4.44. The van der Waals surface area contributed by atoms with Gasteiger partial charge in [-0.25, -0.2) is 0 Å². The largest absolute Gasteiger partial charge is 0.298 e. The monoisotopic (exact) mass is 313 g/mol. The van der Waals surface area contributed by atoms with Crippen molar-refractivity contribution in [3.63, 3.8) is 0 Å². The van der Waals surface area contributed by atoms with Gasteiger partial charge in [0.05, 0.1) is 0 Å². The molecule has 0 aliphatic carbocycles. The van der Waals surface area contributed by atoms with E-state index in [1.807, 2.05) is 0 Å². The molecule has 2 unspecified atom stereocenters. The Labute approximate surface area is 144 Å². The van der Waals surface area contributed by atoms with Crippen molar-refractivity contribution in [2.24, 2.45) is 0 Å². The number of nitrogens with zero attached hydrogens (tertiary/aromatic N) is 1. The van der Waals surface area contributed by atoms with Crippen LogP contribution in [-0.2, 0) is 6.54 Å². The van der Waals surface area contributed by atoms with E-state index in [0.717, 1.165) is 19.6 Å². The molecule has 0 bridgehead atoms. The predicted molar refractivity (Wildman–Crippen MR) is 100 cm³/mol. The number of likely N-dealkylation sites (tertiary alicyclic amines) is 1. The van der Waals surface area contributed by atoms with Gasteiger partial charge in [-0.15, -0.1) is 0 Å². The molecule has 0 amide bonds. The van der Waals surface area contributed by atoms with Crippen molar-refractivity contribution in [1.82, 2.24) is 4.90 Å². The average Bonchev–Trinajstić information content (AvgIpc) is 3.08. The molecule has 3 aromatic carbocycles. The second-order valence-electron chi connectivity index (χ2n) is 6.71. The fourth-order valence-electron chi connectivity index (χ4n) is 3.93. The van der Waals surface area contributed by atoms with Gasteiger partial charge in [-0.2, -0.15) is 0 Å². The lowest BCUT2D eigenvalue weighted by molar-refractivity contribution is 0.324. The molecule has 1 heterocycles. The van der Waals surface area contributed by atoms with E-state index in [0.29, 0.717) is 11.8 Å². The molecule has 0 saturated carbocycles. The maximum atomic E-state index is 2.60. The van der Waals surface area contributed by atoms with Gasteiger partial charge in [-0.3, -0.25) is 4.90 Å². The summed E-state index contributed by atoms with van der Waals surface area (Å²) in [6.07, 6.45) is 0. The van der Waals surface area contributed by atoms with E-state index in [2.05, 4.69) is 95.9 Å². The van der Waals surface area contributed by atoms with E-state index < -0.39 is 0 Å². The van der Waals surface area contributed by atoms with Crippen LogP contribution in [0, 0.1) is 0 Å². The van der Waals surface area contributed by atoms with E-state index >= 15 is 0 Å². The van der Waals surface area contributed by atoms with Crippen LogP contribution in [0.3, 0.4) is 0 Å². The summed E-state index contributed by atoms with van der Waals surface area (Å²) in [6.45, 7) is 3.28. The molecular weight excluding hydrogens is 290 g/mol. The summed E-state index contributed by atoms with van der Waals surface area (Å²) in [7, 11) is 0. The van der Waals surface area contributed by atoms with Gasteiger partial charge in [0.15, 0.2) is 0 Å². The summed E-state index contributed by atoms with van der Waals surface area (Å²) in [5.41, 5.74) is 4.32. The van der Waals surface area contributed by atoms with Crippen molar-refractivity contribution in [2.75, 3.05) is 13.1 Å². The van der Waals surface area contributed by atoms with E-state index in [1.165, 1.54) is 16.7 Å². The van der Waals surface area contributed by atoms with Gasteiger partial charge in [0.1, 0.15) is 0 Å². The SMILES string of the molecule is c1ccc(CN2CC(c3ccccc3)C(c3ccccc3)C2)cc1. The van der Waals surface area contributed by atoms with Crippen LogP contribution in [0.1, 0.15) is 28.5 Å². The number of benzene rings is 3. The van der Waals surface area contributed by atoms with Crippen LogP contribution in [0.4, 0.5) is 0 Å². The number of hydrogen-bond donors (Lipinski definition) is 0. The minimum Gasteiger partial charge on any atom is -0.298 e. The highest BCUT2D eigenvalue weighted by Gasteiger charge is 2.34. The molecule has 1 aliphatic rings. The summed E-state index contributed by atoms with van der Waals surface area (Å²) < 4.78 is 0. The topological polar surface area (TPSA) is 3.24 Å². The standard InChI is InChI=1S/C23H23N/c1-4-10-19(11-5-1)16-24-17-22(20-12-6-2-7-13-20)23(18-24)21-14-8-3-9-15-21/h1-15,22-23H,16-18H2. The zero-order valence-electron chi connectivity index (χ0n) is 13.9. The third-order valence-electron chi connectivity index (χ3n) is 5.10. The third-order valence-corrected chi connectivity index (χ3v) is 5.10. The molecule has 4 rings (SSSR count). The molecule has 0 aromatic heterocycles. The summed E-state index contributed by atoms with van der Waals surface area (Å²) in [6, 6.07) is 32.8. The van der Waals surface area contributed by atoms with Crippen molar-refractivity contribution >= 4 is 0 Å². The van der Waals surface area contributed by atoms with Gasteiger partial charge in [0, 0.05) is 31.5 Å². The third kappa shape index (κ3) is 3.27. The first-order valence-electron chi connectivity index (χ1n) is 8.76. The molecule has 1 nitrogen and oxygen atoms in total. The molecule has 120 valence electrons. The number of hydrogen-bond acceptors (Lipinski definition) is 1. The zero-order valence-corrected chi connectivity index (χ0v) is 13.9. The highest BCUT2D eigenvalue weighted by atomic mass is 15.2. The summed E-state index contributed by atoms with van der Waals surface area (Å²) >= 11 is 0. The second kappa shape index (κ2) is 7.02. The Bertz CT molecular complexity index is 704. The second-order valence-corrected chi connectivity index (χ2v) is 6.71. The van der Waals surface area contributed by atoms with E-state index in [4.69, 9.17) is 0 Å². The zero-order chi connectivity index (χ0) is 16.2. The molecule has 0 radical (unpaired) electrons. The van der Waals surface area contributed by atoms with Crippen LogP contribution in [-0.4, -0.2) is 18.0 Å². The Morgan fingerprint density at radius 3 is 1.46 bits per heavy atom. The van der Waals surface area contributed by atoms with Crippen LogP contribution in [0.5, 0.6) is 0 Å². The first-order chi connectivity index (χ1) is 11.9. The van der Waals surface area contributed by atoms with Gasteiger partial charge in [-0.1, -0.05) is 91.0 Å². The maximum Gasteiger partial charge on any atom is 0.0234 e. The number of rotatable bonds is 4. The van der Waals surface area contributed by atoms with Gasteiger partial charge in [-0.05, 0) is 16.7 Å². The van der Waals surface area contributed by atoms with Crippen LogP contribution in [0.15, 0.2) is 91.0 Å². The van der Waals surface area contributed by atoms with Gasteiger partial charge < -0.3 is 0 Å². The minimum atomic E-state index is 0.567. The summed E-state index contributed by atoms with van der Waals surface area (Å²) in [5.74, 6) is 1.13. The lowest BCUT2D eigenvalue weighted by Crippen LogP contribution is -2.20. The lowest BCUT2D eigenvalue weighted by atomic mass is 9.84. The quantitative estimate of drug-likeness (QED) is 0.650. The van der Waals surface area contributed by atoms with Crippen molar-refractivity contribution < 1.29 is 0 Å². The molecule has 2 atom stereocenters. The van der Waals surface area contributed by atoms with Gasteiger partial charge in [0.2, 0.25) is 0 Å². The van der Waals surface area contributed by atoms with Crippen LogP contribution in [0.2, 0.25) is 0 Å². The van der Waals surface area contributed by atoms with Crippen LogP contribution >= 0.6 is 0 Å². The molecule has 3 aromatic rings.